The van der Waals surface area contributed by atoms with Crippen molar-refractivity contribution in [2.75, 3.05) is 20.2 Å². The van der Waals surface area contributed by atoms with Crippen LogP contribution in [0.5, 0.6) is 5.75 Å². The van der Waals surface area contributed by atoms with Crippen molar-refractivity contribution in [1.82, 2.24) is 4.90 Å². The van der Waals surface area contributed by atoms with E-state index in [0.717, 1.165) is 31.8 Å². The Labute approximate surface area is 126 Å². The Bertz CT molecular complexity index is 601. The quantitative estimate of drug-likeness (QED) is 0.839. The van der Waals surface area contributed by atoms with E-state index in [2.05, 4.69) is 53.4 Å². The van der Waals surface area contributed by atoms with Crippen LogP contribution in [-0.2, 0) is 6.54 Å². The number of methoxy groups -OCH3 is 1. The number of hydrogen-bond donors (Lipinski definition) is 0. The smallest absolute Gasteiger partial charge is 0.118 e. The van der Waals surface area contributed by atoms with Crippen LogP contribution in [0.15, 0.2) is 60.7 Å². The number of benzene rings is 2. The van der Waals surface area contributed by atoms with Gasteiger partial charge in [0.05, 0.1) is 7.11 Å². The molecule has 108 valence electrons. The van der Waals surface area contributed by atoms with E-state index in [1.54, 1.807) is 7.11 Å². The largest absolute Gasteiger partial charge is 0.497 e. The van der Waals surface area contributed by atoms with E-state index in [4.69, 9.17) is 4.74 Å². The summed E-state index contributed by atoms with van der Waals surface area (Å²) in [4.78, 5) is 2.51. The Hall–Kier alpha value is -2.06. The lowest BCUT2D eigenvalue weighted by atomic mass is 10.0. The number of rotatable bonds is 4. The Morgan fingerprint density at radius 2 is 1.76 bits per heavy atom. The number of hydrogen-bond acceptors (Lipinski definition) is 2. The zero-order valence-electron chi connectivity index (χ0n) is 12.5. The minimum absolute atomic E-state index is 0.913. The van der Waals surface area contributed by atoms with E-state index < -0.39 is 0 Å². The topological polar surface area (TPSA) is 12.5 Å². The van der Waals surface area contributed by atoms with Crippen LogP contribution in [0.2, 0.25) is 0 Å². The first kappa shape index (κ1) is 13.9. The molecule has 0 fully saturated rings. The third kappa shape index (κ3) is 3.53. The fourth-order valence-electron chi connectivity index (χ4n) is 2.80. The molecule has 0 spiro atoms. The first-order valence-electron chi connectivity index (χ1n) is 7.45. The lowest BCUT2D eigenvalue weighted by Crippen LogP contribution is -2.29. The first-order chi connectivity index (χ1) is 10.3. The van der Waals surface area contributed by atoms with Gasteiger partial charge in [-0.2, -0.15) is 0 Å². The van der Waals surface area contributed by atoms with Gasteiger partial charge in [0, 0.05) is 19.6 Å². The predicted octanol–water partition coefficient (Wildman–Crippen LogP) is 3.98. The van der Waals surface area contributed by atoms with Crippen molar-refractivity contribution in [2.24, 2.45) is 0 Å². The fraction of sp³-hybridized carbons (Fsp3) is 0.263. The van der Waals surface area contributed by atoms with Crippen molar-refractivity contribution in [3.8, 4) is 5.75 Å². The van der Waals surface area contributed by atoms with E-state index in [1.807, 2.05) is 12.1 Å². The fourth-order valence-corrected chi connectivity index (χ4v) is 2.80. The van der Waals surface area contributed by atoms with Gasteiger partial charge in [-0.1, -0.05) is 48.5 Å². The summed E-state index contributed by atoms with van der Waals surface area (Å²) in [6.07, 6.45) is 3.48. The van der Waals surface area contributed by atoms with E-state index in [1.165, 1.54) is 16.7 Å². The molecule has 0 radical (unpaired) electrons. The van der Waals surface area contributed by atoms with Crippen LogP contribution in [0.4, 0.5) is 0 Å². The molecule has 0 unspecified atom stereocenters. The average Bonchev–Trinajstić information content (AvgIpc) is 2.56. The average molecular weight is 279 g/mol. The second-order valence-electron chi connectivity index (χ2n) is 5.44. The molecule has 2 heteroatoms. The van der Waals surface area contributed by atoms with Gasteiger partial charge < -0.3 is 4.74 Å². The third-order valence-corrected chi connectivity index (χ3v) is 3.94. The summed E-state index contributed by atoms with van der Waals surface area (Å²) in [6.45, 7) is 3.17. The molecule has 0 N–H and O–H groups in total. The van der Waals surface area contributed by atoms with Crippen molar-refractivity contribution < 1.29 is 4.74 Å². The number of nitrogens with zero attached hydrogens (tertiary/aromatic N) is 1. The Kier molecular flexibility index (Phi) is 4.37. The molecule has 0 atom stereocenters. The summed E-state index contributed by atoms with van der Waals surface area (Å²) in [6, 6.07) is 19.1. The minimum Gasteiger partial charge on any atom is -0.497 e. The highest BCUT2D eigenvalue weighted by atomic mass is 16.5. The maximum absolute atomic E-state index is 5.23. The molecule has 1 aliphatic rings. The van der Waals surface area contributed by atoms with Gasteiger partial charge in [0.15, 0.2) is 0 Å². The highest BCUT2D eigenvalue weighted by molar-refractivity contribution is 5.68. The van der Waals surface area contributed by atoms with Crippen molar-refractivity contribution in [3.63, 3.8) is 0 Å². The Balaban J connectivity index is 1.68. The van der Waals surface area contributed by atoms with Crippen LogP contribution < -0.4 is 4.74 Å². The van der Waals surface area contributed by atoms with Crippen molar-refractivity contribution in [1.29, 1.82) is 0 Å². The molecule has 3 rings (SSSR count). The maximum atomic E-state index is 5.23. The normalized spacial score (nSPS) is 15.6. The zero-order chi connectivity index (χ0) is 14.5. The molecule has 0 saturated heterocycles. The Morgan fingerprint density at radius 3 is 2.48 bits per heavy atom. The van der Waals surface area contributed by atoms with Gasteiger partial charge in [0.2, 0.25) is 0 Å². The van der Waals surface area contributed by atoms with Crippen LogP contribution in [-0.4, -0.2) is 25.1 Å². The predicted molar refractivity (Wildman–Crippen MR) is 87.3 cm³/mol. The molecular formula is C19H21NO. The molecule has 0 saturated carbocycles. The minimum atomic E-state index is 0.913. The van der Waals surface area contributed by atoms with Crippen molar-refractivity contribution in [2.45, 2.75) is 13.0 Å². The molecular weight excluding hydrogens is 258 g/mol. The molecule has 0 aromatic heterocycles. The molecule has 0 amide bonds. The highest BCUT2D eigenvalue weighted by Gasteiger charge is 2.14. The number of ether oxygens (including phenoxy) is 1. The molecule has 1 heterocycles. The van der Waals surface area contributed by atoms with Crippen molar-refractivity contribution >= 4 is 5.57 Å². The summed E-state index contributed by atoms with van der Waals surface area (Å²) in [5.41, 5.74) is 4.10. The standard InChI is InChI=1S/C19H21NO/c1-21-19-11-9-17(10-12-19)18-8-5-13-20(15-18)14-16-6-3-2-4-7-16/h2-4,6-12H,5,13-15H2,1H3. The molecule has 0 bridgehead atoms. The second-order valence-corrected chi connectivity index (χ2v) is 5.44. The summed E-state index contributed by atoms with van der Waals surface area (Å²) in [5.74, 6) is 0.913. The van der Waals surface area contributed by atoms with Crippen LogP contribution in [0.3, 0.4) is 0 Å². The second kappa shape index (κ2) is 6.59. The molecule has 2 nitrogen and oxygen atoms in total. The highest BCUT2D eigenvalue weighted by Crippen LogP contribution is 2.23. The zero-order valence-corrected chi connectivity index (χ0v) is 12.5. The summed E-state index contributed by atoms with van der Waals surface area (Å²) in [7, 11) is 1.70. The van der Waals surface area contributed by atoms with Gasteiger partial charge in [0.25, 0.3) is 0 Å². The monoisotopic (exact) mass is 279 g/mol. The van der Waals surface area contributed by atoms with Gasteiger partial charge in [-0.05, 0) is 35.3 Å². The maximum Gasteiger partial charge on any atom is 0.118 e. The van der Waals surface area contributed by atoms with Gasteiger partial charge in [0.1, 0.15) is 5.75 Å². The lowest BCUT2D eigenvalue weighted by Gasteiger charge is -2.27. The van der Waals surface area contributed by atoms with Crippen LogP contribution in [0.25, 0.3) is 5.57 Å². The van der Waals surface area contributed by atoms with Gasteiger partial charge in [-0.25, -0.2) is 0 Å². The molecule has 1 aliphatic heterocycles. The lowest BCUT2D eigenvalue weighted by molar-refractivity contribution is 0.296. The van der Waals surface area contributed by atoms with Crippen LogP contribution in [0.1, 0.15) is 17.5 Å². The SMILES string of the molecule is COc1ccc(C2=CCCN(Cc3ccccc3)C2)cc1. The Morgan fingerprint density at radius 1 is 1.00 bits per heavy atom. The molecule has 2 aromatic rings. The van der Waals surface area contributed by atoms with E-state index in [9.17, 15) is 0 Å². The summed E-state index contributed by atoms with van der Waals surface area (Å²) >= 11 is 0. The molecule has 21 heavy (non-hydrogen) atoms. The molecule has 0 aliphatic carbocycles. The van der Waals surface area contributed by atoms with Crippen LogP contribution in [0, 0.1) is 0 Å². The molecule has 2 aromatic carbocycles. The van der Waals surface area contributed by atoms with E-state index >= 15 is 0 Å². The van der Waals surface area contributed by atoms with Gasteiger partial charge in [-0.15, -0.1) is 0 Å². The van der Waals surface area contributed by atoms with Crippen LogP contribution >= 0.6 is 0 Å². The third-order valence-electron chi connectivity index (χ3n) is 3.94. The van der Waals surface area contributed by atoms with E-state index in [-0.39, 0.29) is 0 Å². The first-order valence-corrected chi connectivity index (χ1v) is 7.45. The summed E-state index contributed by atoms with van der Waals surface area (Å²) in [5, 5.41) is 0. The summed E-state index contributed by atoms with van der Waals surface area (Å²) < 4.78 is 5.23. The van der Waals surface area contributed by atoms with E-state index in [0.29, 0.717) is 0 Å². The van der Waals surface area contributed by atoms with Gasteiger partial charge >= 0.3 is 0 Å². The van der Waals surface area contributed by atoms with Crippen molar-refractivity contribution in [3.05, 3.63) is 71.8 Å². The van der Waals surface area contributed by atoms with Gasteiger partial charge in [-0.3, -0.25) is 4.90 Å².